The van der Waals surface area contributed by atoms with Crippen molar-refractivity contribution in [3.8, 4) is 5.69 Å². The molecule has 7 heteroatoms. The number of nitrogens with zero attached hydrogens (tertiary/aromatic N) is 4. The molecule has 0 radical (unpaired) electrons. The summed E-state index contributed by atoms with van der Waals surface area (Å²) in [4.78, 5) is 12.3. The number of anilines is 1. The summed E-state index contributed by atoms with van der Waals surface area (Å²) in [6.07, 6.45) is 0. The van der Waals surface area contributed by atoms with E-state index in [2.05, 4.69) is 20.8 Å². The standard InChI is InChI=1S/C19H21N5OS/c1-12-8-9-13(2)16(10-12)20-17(25)11-26-19-21-22-23-24(19)18-14(3)6-5-7-15(18)4/h5-10H,11H2,1-4H3,(H,20,25). The number of amides is 1. The number of hydrogen-bond acceptors (Lipinski definition) is 5. The van der Waals surface area contributed by atoms with Gasteiger partial charge in [-0.1, -0.05) is 42.1 Å². The van der Waals surface area contributed by atoms with Crippen LogP contribution in [0.1, 0.15) is 22.3 Å². The Labute approximate surface area is 157 Å². The summed E-state index contributed by atoms with van der Waals surface area (Å²) in [7, 11) is 0. The molecular weight excluding hydrogens is 346 g/mol. The van der Waals surface area contributed by atoms with Crippen molar-refractivity contribution >= 4 is 23.4 Å². The van der Waals surface area contributed by atoms with E-state index in [9.17, 15) is 4.79 Å². The fourth-order valence-electron chi connectivity index (χ4n) is 2.74. The molecule has 0 aliphatic heterocycles. The number of benzene rings is 2. The number of carbonyl (C=O) groups is 1. The van der Waals surface area contributed by atoms with Crippen LogP contribution >= 0.6 is 11.8 Å². The second-order valence-corrected chi connectivity index (χ2v) is 7.21. The van der Waals surface area contributed by atoms with Gasteiger partial charge >= 0.3 is 0 Å². The molecule has 0 saturated carbocycles. The highest BCUT2D eigenvalue weighted by molar-refractivity contribution is 7.99. The van der Waals surface area contributed by atoms with E-state index in [0.29, 0.717) is 5.16 Å². The molecule has 0 unspecified atom stereocenters. The number of aromatic nitrogens is 4. The lowest BCUT2D eigenvalue weighted by Gasteiger charge is -2.11. The molecular formula is C19H21N5OS. The molecule has 3 aromatic rings. The van der Waals surface area contributed by atoms with Crippen LogP contribution in [0.4, 0.5) is 5.69 Å². The number of thioether (sulfide) groups is 1. The van der Waals surface area contributed by atoms with Crippen molar-refractivity contribution in [3.63, 3.8) is 0 Å². The van der Waals surface area contributed by atoms with Crippen LogP contribution in [0, 0.1) is 27.7 Å². The quantitative estimate of drug-likeness (QED) is 0.697. The van der Waals surface area contributed by atoms with Gasteiger partial charge < -0.3 is 5.32 Å². The van der Waals surface area contributed by atoms with E-state index in [4.69, 9.17) is 0 Å². The number of rotatable bonds is 5. The first-order valence-corrected chi connectivity index (χ1v) is 9.29. The fourth-order valence-corrected chi connectivity index (χ4v) is 3.41. The number of hydrogen-bond donors (Lipinski definition) is 1. The molecule has 0 aliphatic carbocycles. The number of carbonyl (C=O) groups excluding carboxylic acids is 1. The van der Waals surface area contributed by atoms with Crippen molar-refractivity contribution in [3.05, 3.63) is 58.7 Å². The summed E-state index contributed by atoms with van der Waals surface area (Å²) in [6.45, 7) is 8.02. The largest absolute Gasteiger partial charge is 0.325 e. The van der Waals surface area contributed by atoms with Crippen molar-refractivity contribution in [2.75, 3.05) is 11.1 Å². The highest BCUT2D eigenvalue weighted by Gasteiger charge is 2.15. The summed E-state index contributed by atoms with van der Waals surface area (Å²) in [6, 6.07) is 12.0. The van der Waals surface area contributed by atoms with Gasteiger partial charge in [0.25, 0.3) is 0 Å². The minimum Gasteiger partial charge on any atom is -0.325 e. The van der Waals surface area contributed by atoms with E-state index >= 15 is 0 Å². The first kappa shape index (κ1) is 18.1. The Morgan fingerprint density at radius 3 is 2.54 bits per heavy atom. The third-order valence-electron chi connectivity index (χ3n) is 4.09. The topological polar surface area (TPSA) is 72.7 Å². The fraction of sp³-hybridized carbons (Fsp3) is 0.263. The molecule has 1 heterocycles. The summed E-state index contributed by atoms with van der Waals surface area (Å²) < 4.78 is 1.69. The van der Waals surface area contributed by atoms with Gasteiger partial charge in [0.15, 0.2) is 0 Å². The number of nitrogens with one attached hydrogen (secondary N) is 1. The first-order chi connectivity index (χ1) is 12.5. The summed E-state index contributed by atoms with van der Waals surface area (Å²) >= 11 is 1.32. The monoisotopic (exact) mass is 367 g/mol. The van der Waals surface area contributed by atoms with Gasteiger partial charge in [-0.3, -0.25) is 4.79 Å². The molecule has 26 heavy (non-hydrogen) atoms. The maximum absolute atomic E-state index is 12.3. The van der Waals surface area contributed by atoms with Gasteiger partial charge in [-0.15, -0.1) is 5.10 Å². The second kappa shape index (κ2) is 7.70. The van der Waals surface area contributed by atoms with Crippen molar-refractivity contribution in [1.29, 1.82) is 0 Å². The molecule has 0 aliphatic rings. The van der Waals surface area contributed by atoms with Crippen molar-refractivity contribution in [2.45, 2.75) is 32.9 Å². The highest BCUT2D eigenvalue weighted by atomic mass is 32.2. The van der Waals surface area contributed by atoms with E-state index in [1.807, 2.05) is 64.1 Å². The maximum atomic E-state index is 12.3. The Morgan fingerprint density at radius 1 is 1.08 bits per heavy atom. The smallest absolute Gasteiger partial charge is 0.234 e. The molecule has 1 amide bonds. The van der Waals surface area contributed by atoms with Gasteiger partial charge in [0.1, 0.15) is 0 Å². The molecule has 0 spiro atoms. The molecule has 1 N–H and O–H groups in total. The third-order valence-corrected chi connectivity index (χ3v) is 5.01. The molecule has 0 fully saturated rings. The number of tetrazole rings is 1. The zero-order valence-electron chi connectivity index (χ0n) is 15.3. The molecule has 1 aromatic heterocycles. The zero-order valence-corrected chi connectivity index (χ0v) is 16.1. The Kier molecular flexibility index (Phi) is 5.37. The van der Waals surface area contributed by atoms with Gasteiger partial charge in [-0.05, 0) is 66.4 Å². The van der Waals surface area contributed by atoms with Crippen molar-refractivity contribution in [2.24, 2.45) is 0 Å². The van der Waals surface area contributed by atoms with Gasteiger partial charge in [0.2, 0.25) is 11.1 Å². The van der Waals surface area contributed by atoms with E-state index < -0.39 is 0 Å². The van der Waals surface area contributed by atoms with Crippen molar-refractivity contribution in [1.82, 2.24) is 20.2 Å². The minimum absolute atomic E-state index is 0.0836. The maximum Gasteiger partial charge on any atom is 0.234 e. The van der Waals surface area contributed by atoms with E-state index in [0.717, 1.165) is 33.6 Å². The Hall–Kier alpha value is -2.67. The normalized spacial score (nSPS) is 10.8. The first-order valence-electron chi connectivity index (χ1n) is 8.30. The highest BCUT2D eigenvalue weighted by Crippen LogP contribution is 2.24. The van der Waals surface area contributed by atoms with Crippen LogP contribution < -0.4 is 5.32 Å². The number of para-hydroxylation sites is 1. The van der Waals surface area contributed by atoms with Crippen LogP contribution in [-0.2, 0) is 4.79 Å². The Morgan fingerprint density at radius 2 is 1.81 bits per heavy atom. The molecule has 134 valence electrons. The van der Waals surface area contributed by atoms with Crippen LogP contribution in [0.25, 0.3) is 5.69 Å². The van der Waals surface area contributed by atoms with Crippen LogP contribution in [0.3, 0.4) is 0 Å². The van der Waals surface area contributed by atoms with Gasteiger partial charge in [-0.25, -0.2) is 0 Å². The lowest BCUT2D eigenvalue weighted by Crippen LogP contribution is -2.15. The van der Waals surface area contributed by atoms with Gasteiger partial charge in [0.05, 0.1) is 11.4 Å². The van der Waals surface area contributed by atoms with Crippen molar-refractivity contribution < 1.29 is 4.79 Å². The van der Waals surface area contributed by atoms with Crippen LogP contribution in [-0.4, -0.2) is 31.9 Å². The van der Waals surface area contributed by atoms with Gasteiger partial charge in [-0.2, -0.15) is 4.68 Å². The zero-order chi connectivity index (χ0) is 18.7. The summed E-state index contributed by atoms with van der Waals surface area (Å²) in [5, 5.41) is 15.5. The van der Waals surface area contributed by atoms with Gasteiger partial charge in [0, 0.05) is 5.69 Å². The average Bonchev–Trinajstić information content (AvgIpc) is 3.04. The minimum atomic E-state index is -0.0836. The summed E-state index contributed by atoms with van der Waals surface area (Å²) in [5.41, 5.74) is 6.10. The van der Waals surface area contributed by atoms with Crippen LogP contribution in [0.2, 0.25) is 0 Å². The van der Waals surface area contributed by atoms with Crippen LogP contribution in [0.15, 0.2) is 41.6 Å². The Balaban J connectivity index is 1.72. The molecule has 3 rings (SSSR count). The van der Waals surface area contributed by atoms with Crippen LogP contribution in [0.5, 0.6) is 0 Å². The third kappa shape index (κ3) is 3.94. The molecule has 0 atom stereocenters. The summed E-state index contributed by atoms with van der Waals surface area (Å²) in [5.74, 6) is 0.151. The molecule has 2 aromatic carbocycles. The predicted octanol–water partition coefficient (Wildman–Crippen LogP) is 3.63. The molecule has 0 saturated heterocycles. The van der Waals surface area contributed by atoms with E-state index in [1.54, 1.807) is 4.68 Å². The lowest BCUT2D eigenvalue weighted by atomic mass is 10.1. The molecule has 6 nitrogen and oxygen atoms in total. The Bertz CT molecular complexity index is 931. The predicted molar refractivity (Wildman–Crippen MR) is 104 cm³/mol. The SMILES string of the molecule is Cc1ccc(C)c(NC(=O)CSc2nnnn2-c2c(C)cccc2C)c1. The molecule has 0 bridgehead atoms. The lowest BCUT2D eigenvalue weighted by molar-refractivity contribution is -0.113. The average molecular weight is 367 g/mol. The second-order valence-electron chi connectivity index (χ2n) is 6.27. The van der Waals surface area contributed by atoms with E-state index in [1.165, 1.54) is 11.8 Å². The number of aryl methyl sites for hydroxylation is 4. The van der Waals surface area contributed by atoms with E-state index in [-0.39, 0.29) is 11.7 Å².